The van der Waals surface area contributed by atoms with Crippen molar-refractivity contribution in [3.63, 3.8) is 0 Å². The van der Waals surface area contributed by atoms with E-state index in [4.69, 9.17) is 0 Å². The summed E-state index contributed by atoms with van der Waals surface area (Å²) >= 11 is 0. The van der Waals surface area contributed by atoms with Crippen molar-refractivity contribution in [1.29, 1.82) is 0 Å². The lowest BCUT2D eigenvalue weighted by Gasteiger charge is -2.27. The van der Waals surface area contributed by atoms with Crippen molar-refractivity contribution in [3.05, 3.63) is 83.7 Å². The van der Waals surface area contributed by atoms with E-state index in [1.165, 1.54) is 28.2 Å². The summed E-state index contributed by atoms with van der Waals surface area (Å²) in [5.41, 5.74) is 2.06. The Kier molecular flexibility index (Phi) is 6.08. The fourth-order valence-corrected chi connectivity index (χ4v) is 4.55. The molecule has 1 N–H and O–H groups in total. The number of carbonyl (C=O) groups is 2. The van der Waals surface area contributed by atoms with Gasteiger partial charge in [-0.05, 0) is 41.5 Å². The lowest BCUT2D eigenvalue weighted by Crippen LogP contribution is -2.47. The standard InChI is InChI=1S/C25H25F2N5O2/c26-19-11-22(32(12-19)23(33)13-31-14-28-29-15-31)25(34)30-24(17-4-2-1-3-5-17)18-8-9-20(16-6-7-16)21(27)10-18/h1-5,8-10,14-16,19,22,24H,6-7,11-13H2,(H,30,34). The zero-order valence-electron chi connectivity index (χ0n) is 18.5. The number of aromatic nitrogens is 3. The molecule has 1 aliphatic carbocycles. The van der Waals surface area contributed by atoms with E-state index in [2.05, 4.69) is 15.5 Å². The van der Waals surface area contributed by atoms with Gasteiger partial charge in [0, 0.05) is 6.42 Å². The molecule has 1 aromatic heterocycles. The Morgan fingerprint density at radius 2 is 1.79 bits per heavy atom. The molecule has 1 saturated carbocycles. The minimum absolute atomic E-state index is 0.0839. The zero-order chi connectivity index (χ0) is 23.7. The van der Waals surface area contributed by atoms with Crippen LogP contribution in [0.4, 0.5) is 8.78 Å². The molecule has 7 nitrogen and oxygen atoms in total. The first-order chi connectivity index (χ1) is 16.5. The zero-order valence-corrected chi connectivity index (χ0v) is 18.5. The molecule has 3 atom stereocenters. The number of benzene rings is 2. The third-order valence-electron chi connectivity index (χ3n) is 6.45. The maximum absolute atomic E-state index is 14.8. The first kappa shape index (κ1) is 22.2. The van der Waals surface area contributed by atoms with Crippen LogP contribution in [0.3, 0.4) is 0 Å². The third-order valence-corrected chi connectivity index (χ3v) is 6.45. The van der Waals surface area contributed by atoms with Gasteiger partial charge >= 0.3 is 0 Å². The van der Waals surface area contributed by atoms with Crippen LogP contribution in [0.1, 0.15) is 47.9 Å². The fraction of sp³-hybridized carbons (Fsp3) is 0.360. The second-order valence-corrected chi connectivity index (χ2v) is 8.94. The van der Waals surface area contributed by atoms with Gasteiger partial charge in [0.2, 0.25) is 11.8 Å². The van der Waals surface area contributed by atoms with Crippen LogP contribution in [0.5, 0.6) is 0 Å². The second-order valence-electron chi connectivity index (χ2n) is 8.94. The highest BCUT2D eigenvalue weighted by Crippen LogP contribution is 2.41. The summed E-state index contributed by atoms with van der Waals surface area (Å²) in [7, 11) is 0. The van der Waals surface area contributed by atoms with Gasteiger partial charge < -0.3 is 14.8 Å². The van der Waals surface area contributed by atoms with Crippen molar-refractivity contribution in [2.24, 2.45) is 0 Å². The van der Waals surface area contributed by atoms with Gasteiger partial charge in [0.1, 0.15) is 37.2 Å². The Bertz CT molecular complexity index is 1170. The molecular formula is C25H25F2N5O2. The van der Waals surface area contributed by atoms with Crippen LogP contribution in [0.15, 0.2) is 61.2 Å². The van der Waals surface area contributed by atoms with Crippen LogP contribution in [0, 0.1) is 5.82 Å². The molecule has 3 aromatic rings. The van der Waals surface area contributed by atoms with Gasteiger partial charge in [0.15, 0.2) is 0 Å². The highest BCUT2D eigenvalue weighted by atomic mass is 19.1. The summed E-state index contributed by atoms with van der Waals surface area (Å²) in [5, 5.41) is 10.3. The molecule has 2 heterocycles. The van der Waals surface area contributed by atoms with Gasteiger partial charge in [-0.3, -0.25) is 9.59 Å². The average molecular weight is 466 g/mol. The Labute approximate surface area is 195 Å². The largest absolute Gasteiger partial charge is 0.343 e. The van der Waals surface area contributed by atoms with Gasteiger partial charge in [0.25, 0.3) is 0 Å². The molecule has 2 aliphatic rings. The molecular weight excluding hydrogens is 440 g/mol. The monoisotopic (exact) mass is 465 g/mol. The average Bonchev–Trinajstić information content (AvgIpc) is 3.40. The highest BCUT2D eigenvalue weighted by molar-refractivity contribution is 5.88. The molecule has 2 fully saturated rings. The van der Waals surface area contributed by atoms with Crippen LogP contribution in [-0.2, 0) is 16.1 Å². The van der Waals surface area contributed by atoms with Crippen LogP contribution < -0.4 is 5.32 Å². The number of hydrogen-bond acceptors (Lipinski definition) is 4. The maximum atomic E-state index is 14.8. The highest BCUT2D eigenvalue weighted by Gasteiger charge is 2.40. The molecule has 176 valence electrons. The molecule has 9 heteroatoms. The van der Waals surface area contributed by atoms with E-state index in [-0.39, 0.29) is 31.2 Å². The number of hydrogen-bond donors (Lipinski definition) is 1. The number of amides is 2. The summed E-state index contributed by atoms with van der Waals surface area (Å²) in [6.45, 7) is -0.237. The molecule has 0 radical (unpaired) electrons. The van der Waals surface area contributed by atoms with Gasteiger partial charge in [-0.2, -0.15) is 0 Å². The summed E-state index contributed by atoms with van der Waals surface area (Å²) < 4.78 is 30.6. The molecule has 0 spiro atoms. The van der Waals surface area contributed by atoms with Crippen LogP contribution in [0.2, 0.25) is 0 Å². The van der Waals surface area contributed by atoms with Crippen molar-refractivity contribution in [2.75, 3.05) is 6.54 Å². The number of alkyl halides is 1. The molecule has 2 aromatic carbocycles. The maximum Gasteiger partial charge on any atom is 0.243 e. The summed E-state index contributed by atoms with van der Waals surface area (Å²) in [6, 6.07) is 12.7. The van der Waals surface area contributed by atoms with Crippen molar-refractivity contribution in [1.82, 2.24) is 25.0 Å². The summed E-state index contributed by atoms with van der Waals surface area (Å²) in [5.74, 6) is -0.886. The van der Waals surface area contributed by atoms with E-state index >= 15 is 0 Å². The predicted molar refractivity (Wildman–Crippen MR) is 120 cm³/mol. The van der Waals surface area contributed by atoms with E-state index in [0.29, 0.717) is 11.1 Å². The topological polar surface area (TPSA) is 80.1 Å². The van der Waals surface area contributed by atoms with Gasteiger partial charge in [-0.1, -0.05) is 42.5 Å². The molecule has 34 heavy (non-hydrogen) atoms. The lowest BCUT2D eigenvalue weighted by molar-refractivity contribution is -0.139. The predicted octanol–water partition coefficient (Wildman–Crippen LogP) is 3.14. The minimum atomic E-state index is -1.30. The minimum Gasteiger partial charge on any atom is -0.343 e. The second kappa shape index (κ2) is 9.32. The Balaban J connectivity index is 1.38. The lowest BCUT2D eigenvalue weighted by atomic mass is 9.96. The van der Waals surface area contributed by atoms with Crippen LogP contribution >= 0.6 is 0 Å². The van der Waals surface area contributed by atoms with Crippen molar-refractivity contribution in [2.45, 2.75) is 50.0 Å². The van der Waals surface area contributed by atoms with Gasteiger partial charge in [-0.15, -0.1) is 10.2 Å². The Morgan fingerprint density at radius 3 is 2.47 bits per heavy atom. The molecule has 1 saturated heterocycles. The Hall–Kier alpha value is -3.62. The van der Waals surface area contributed by atoms with Crippen LogP contribution in [-0.4, -0.2) is 50.2 Å². The molecule has 3 unspecified atom stereocenters. The number of nitrogens with zero attached hydrogens (tertiary/aromatic N) is 4. The number of rotatable bonds is 7. The van der Waals surface area contributed by atoms with E-state index < -0.39 is 30.1 Å². The van der Waals surface area contributed by atoms with Crippen molar-refractivity contribution >= 4 is 11.8 Å². The van der Waals surface area contributed by atoms with E-state index in [0.717, 1.165) is 18.4 Å². The summed E-state index contributed by atoms with van der Waals surface area (Å²) in [6.07, 6.45) is 3.37. The van der Waals surface area contributed by atoms with Gasteiger partial charge in [0.05, 0.1) is 12.6 Å². The van der Waals surface area contributed by atoms with Crippen molar-refractivity contribution < 1.29 is 18.4 Å². The quantitative estimate of drug-likeness (QED) is 0.582. The molecule has 5 rings (SSSR count). The first-order valence-corrected chi connectivity index (χ1v) is 11.4. The number of likely N-dealkylation sites (tertiary alicyclic amines) is 1. The first-order valence-electron chi connectivity index (χ1n) is 11.4. The van der Waals surface area contributed by atoms with Gasteiger partial charge in [-0.25, -0.2) is 8.78 Å². The van der Waals surface area contributed by atoms with Crippen molar-refractivity contribution in [3.8, 4) is 0 Å². The van der Waals surface area contributed by atoms with E-state index in [9.17, 15) is 18.4 Å². The van der Waals surface area contributed by atoms with Crippen LogP contribution in [0.25, 0.3) is 0 Å². The van der Waals surface area contributed by atoms with E-state index in [1.807, 2.05) is 36.4 Å². The molecule has 0 bridgehead atoms. The fourth-order valence-electron chi connectivity index (χ4n) is 4.55. The smallest absolute Gasteiger partial charge is 0.243 e. The molecule has 1 aliphatic heterocycles. The Morgan fingerprint density at radius 1 is 1.06 bits per heavy atom. The normalized spacial score (nSPS) is 20.8. The number of halogens is 2. The number of nitrogens with one attached hydrogen (secondary N) is 1. The van der Waals surface area contributed by atoms with E-state index in [1.54, 1.807) is 6.07 Å². The summed E-state index contributed by atoms with van der Waals surface area (Å²) in [4.78, 5) is 27.4. The molecule has 2 amide bonds. The number of carbonyl (C=O) groups excluding carboxylic acids is 2. The third kappa shape index (κ3) is 4.69. The SMILES string of the molecule is O=C(NC(c1ccccc1)c1ccc(C2CC2)c(F)c1)C1CC(F)CN1C(=O)Cn1cnnc1.